The van der Waals surface area contributed by atoms with Gasteiger partial charge in [0.15, 0.2) is 0 Å². The summed E-state index contributed by atoms with van der Waals surface area (Å²) in [5, 5.41) is 0. The Kier molecular flexibility index (Phi) is 4.27. The third-order valence-corrected chi connectivity index (χ3v) is 4.21. The second-order valence-corrected chi connectivity index (χ2v) is 6.41. The zero-order valence-corrected chi connectivity index (χ0v) is 12.6. The maximum absolute atomic E-state index is 13.6. The zero-order chi connectivity index (χ0) is 11.5. The Labute approximate surface area is 120 Å². The standard InChI is InChI=1S/C12H7BrFIS/c13-8-1-6-12(11(14)7-8)16-10-4-2-9(15)3-5-10/h1-7H. The van der Waals surface area contributed by atoms with Gasteiger partial charge in [0.05, 0.1) is 0 Å². The predicted molar refractivity (Wildman–Crippen MR) is 77.4 cm³/mol. The Morgan fingerprint density at radius 1 is 1.06 bits per heavy atom. The van der Waals surface area contributed by atoms with E-state index in [-0.39, 0.29) is 5.82 Å². The highest BCUT2D eigenvalue weighted by atomic mass is 127. The van der Waals surface area contributed by atoms with Crippen LogP contribution in [0.5, 0.6) is 0 Å². The van der Waals surface area contributed by atoms with Crippen molar-refractivity contribution in [2.24, 2.45) is 0 Å². The fourth-order valence-corrected chi connectivity index (χ4v) is 2.70. The van der Waals surface area contributed by atoms with Crippen LogP contribution in [-0.4, -0.2) is 0 Å². The van der Waals surface area contributed by atoms with Crippen molar-refractivity contribution in [1.29, 1.82) is 0 Å². The van der Waals surface area contributed by atoms with Crippen LogP contribution in [0.2, 0.25) is 0 Å². The van der Waals surface area contributed by atoms with Crippen LogP contribution in [0, 0.1) is 9.39 Å². The van der Waals surface area contributed by atoms with Gasteiger partial charge in [-0.25, -0.2) is 4.39 Å². The quantitative estimate of drug-likeness (QED) is 0.604. The molecule has 0 saturated carbocycles. The van der Waals surface area contributed by atoms with Gasteiger partial charge in [-0.3, -0.25) is 0 Å². The average molecular weight is 409 g/mol. The molecule has 0 amide bonds. The summed E-state index contributed by atoms with van der Waals surface area (Å²) in [6.07, 6.45) is 0. The molecule has 16 heavy (non-hydrogen) atoms. The van der Waals surface area contributed by atoms with Gasteiger partial charge >= 0.3 is 0 Å². The molecule has 0 heterocycles. The van der Waals surface area contributed by atoms with Crippen LogP contribution in [0.15, 0.2) is 56.7 Å². The van der Waals surface area contributed by atoms with Gasteiger partial charge in [0.1, 0.15) is 5.82 Å². The molecule has 0 fully saturated rings. The first-order valence-corrected chi connectivity index (χ1v) is 7.22. The third kappa shape index (κ3) is 3.21. The lowest BCUT2D eigenvalue weighted by Crippen LogP contribution is -1.81. The minimum absolute atomic E-state index is 0.196. The molecule has 0 aliphatic rings. The van der Waals surface area contributed by atoms with Crippen molar-refractivity contribution in [2.75, 3.05) is 0 Å². The summed E-state index contributed by atoms with van der Waals surface area (Å²) < 4.78 is 15.5. The van der Waals surface area contributed by atoms with Crippen LogP contribution in [0.4, 0.5) is 4.39 Å². The Morgan fingerprint density at radius 3 is 2.38 bits per heavy atom. The summed E-state index contributed by atoms with van der Waals surface area (Å²) in [5.41, 5.74) is 0. The van der Waals surface area contributed by atoms with E-state index < -0.39 is 0 Å². The second kappa shape index (κ2) is 5.51. The van der Waals surface area contributed by atoms with Gasteiger partial charge in [0.2, 0.25) is 0 Å². The van der Waals surface area contributed by atoms with E-state index >= 15 is 0 Å². The molecule has 0 aliphatic heterocycles. The molecule has 82 valence electrons. The van der Waals surface area contributed by atoms with Crippen LogP contribution in [0.1, 0.15) is 0 Å². The summed E-state index contributed by atoms with van der Waals surface area (Å²) in [5.74, 6) is -0.196. The fraction of sp³-hybridized carbons (Fsp3) is 0. The molecule has 0 saturated heterocycles. The number of benzene rings is 2. The van der Waals surface area contributed by atoms with Gasteiger partial charge in [-0.1, -0.05) is 27.7 Å². The highest BCUT2D eigenvalue weighted by molar-refractivity contribution is 14.1. The van der Waals surface area contributed by atoms with Crippen molar-refractivity contribution in [3.63, 3.8) is 0 Å². The zero-order valence-electron chi connectivity index (χ0n) is 8.08. The molecule has 0 aliphatic carbocycles. The molecule has 0 radical (unpaired) electrons. The van der Waals surface area contributed by atoms with Gasteiger partial charge in [0, 0.05) is 17.8 Å². The Morgan fingerprint density at radius 2 is 1.75 bits per heavy atom. The minimum atomic E-state index is -0.196. The highest BCUT2D eigenvalue weighted by Gasteiger charge is 2.04. The predicted octanol–water partition coefficient (Wildman–Crippen LogP) is 5.34. The minimum Gasteiger partial charge on any atom is -0.206 e. The van der Waals surface area contributed by atoms with Gasteiger partial charge < -0.3 is 0 Å². The van der Waals surface area contributed by atoms with Crippen molar-refractivity contribution < 1.29 is 4.39 Å². The molecule has 0 bridgehead atoms. The average Bonchev–Trinajstić information content (AvgIpc) is 2.25. The van der Waals surface area contributed by atoms with E-state index in [0.717, 1.165) is 9.37 Å². The maximum Gasteiger partial charge on any atom is 0.138 e. The second-order valence-electron chi connectivity index (χ2n) is 3.13. The van der Waals surface area contributed by atoms with Crippen LogP contribution in [0.25, 0.3) is 0 Å². The molecule has 0 aromatic heterocycles. The molecule has 2 rings (SSSR count). The number of rotatable bonds is 2. The number of hydrogen-bond acceptors (Lipinski definition) is 1. The molecule has 2 aromatic carbocycles. The van der Waals surface area contributed by atoms with E-state index in [4.69, 9.17) is 0 Å². The monoisotopic (exact) mass is 408 g/mol. The summed E-state index contributed by atoms with van der Waals surface area (Å²) in [6.45, 7) is 0. The third-order valence-electron chi connectivity index (χ3n) is 1.94. The van der Waals surface area contributed by atoms with Crippen LogP contribution in [-0.2, 0) is 0 Å². The van der Waals surface area contributed by atoms with Crippen LogP contribution < -0.4 is 0 Å². The Balaban J connectivity index is 2.23. The molecule has 0 N–H and O–H groups in total. The normalized spacial score (nSPS) is 10.4. The molecule has 0 atom stereocenters. The maximum atomic E-state index is 13.6. The molecule has 0 unspecified atom stereocenters. The van der Waals surface area contributed by atoms with E-state index in [9.17, 15) is 4.39 Å². The molecule has 0 spiro atoms. The number of halogens is 3. The summed E-state index contributed by atoms with van der Waals surface area (Å²) >= 11 is 6.92. The highest BCUT2D eigenvalue weighted by Crippen LogP contribution is 2.31. The SMILES string of the molecule is Fc1cc(Br)ccc1Sc1ccc(I)cc1. The van der Waals surface area contributed by atoms with E-state index in [1.807, 2.05) is 30.3 Å². The van der Waals surface area contributed by atoms with Crippen molar-refractivity contribution in [1.82, 2.24) is 0 Å². The smallest absolute Gasteiger partial charge is 0.138 e. The van der Waals surface area contributed by atoms with E-state index in [1.54, 1.807) is 6.07 Å². The van der Waals surface area contributed by atoms with E-state index in [0.29, 0.717) is 4.90 Å². The largest absolute Gasteiger partial charge is 0.206 e. The van der Waals surface area contributed by atoms with Crippen molar-refractivity contribution >= 4 is 50.3 Å². The first-order valence-electron chi connectivity index (χ1n) is 4.53. The molecule has 0 nitrogen and oxygen atoms in total. The van der Waals surface area contributed by atoms with Gasteiger partial charge in [-0.15, -0.1) is 0 Å². The van der Waals surface area contributed by atoms with Crippen molar-refractivity contribution in [3.05, 3.63) is 56.3 Å². The van der Waals surface area contributed by atoms with Gasteiger partial charge in [-0.05, 0) is 65.1 Å². The molecule has 2 aromatic rings. The first-order chi connectivity index (χ1) is 7.65. The molecule has 4 heteroatoms. The Hall–Kier alpha value is -0.0700. The van der Waals surface area contributed by atoms with E-state index in [2.05, 4.69) is 38.5 Å². The van der Waals surface area contributed by atoms with Crippen molar-refractivity contribution in [3.8, 4) is 0 Å². The molecular weight excluding hydrogens is 402 g/mol. The molecular formula is C12H7BrFIS. The number of hydrogen-bond donors (Lipinski definition) is 0. The summed E-state index contributed by atoms with van der Waals surface area (Å²) in [6, 6.07) is 13.1. The van der Waals surface area contributed by atoms with Crippen molar-refractivity contribution in [2.45, 2.75) is 9.79 Å². The fourth-order valence-electron chi connectivity index (χ4n) is 1.19. The first kappa shape index (κ1) is 12.4. The van der Waals surface area contributed by atoms with Crippen LogP contribution >= 0.6 is 50.3 Å². The Bertz CT molecular complexity index is 499. The van der Waals surface area contributed by atoms with Gasteiger partial charge in [0.25, 0.3) is 0 Å². The topological polar surface area (TPSA) is 0 Å². The lowest BCUT2D eigenvalue weighted by Gasteiger charge is -2.03. The van der Waals surface area contributed by atoms with Gasteiger partial charge in [-0.2, -0.15) is 0 Å². The summed E-state index contributed by atoms with van der Waals surface area (Å²) in [7, 11) is 0. The van der Waals surface area contributed by atoms with Crippen LogP contribution in [0.3, 0.4) is 0 Å². The lowest BCUT2D eigenvalue weighted by molar-refractivity contribution is 0.601. The lowest BCUT2D eigenvalue weighted by atomic mass is 10.3. The van der Waals surface area contributed by atoms with E-state index in [1.165, 1.54) is 21.4 Å². The summed E-state index contributed by atoms with van der Waals surface area (Å²) in [4.78, 5) is 1.69.